The van der Waals surface area contributed by atoms with Crippen molar-refractivity contribution in [3.63, 3.8) is 0 Å². The van der Waals surface area contributed by atoms with Crippen LogP contribution in [0, 0.1) is 0 Å². The molecule has 2 aliphatic rings. The van der Waals surface area contributed by atoms with Gasteiger partial charge in [-0.3, -0.25) is 0 Å². The van der Waals surface area contributed by atoms with Gasteiger partial charge in [0.25, 0.3) is 0 Å². The van der Waals surface area contributed by atoms with Crippen molar-refractivity contribution in [2.24, 2.45) is 4.99 Å². The average molecular weight is 306 g/mol. The van der Waals surface area contributed by atoms with Gasteiger partial charge in [0.15, 0.2) is 0 Å². The summed E-state index contributed by atoms with van der Waals surface area (Å²) in [6, 6.07) is 0. The van der Waals surface area contributed by atoms with Crippen molar-refractivity contribution in [1.82, 2.24) is 5.32 Å². The van der Waals surface area contributed by atoms with Gasteiger partial charge >= 0.3 is 0 Å². The number of aliphatic hydroxyl groups excluding tert-OH is 4. The lowest BCUT2D eigenvalue weighted by Crippen LogP contribution is -2.63. The molecule has 9 heteroatoms. The number of nitrogens with one attached hydrogen (secondary N) is 1. The Kier molecular flexibility index (Phi) is 4.56. The van der Waals surface area contributed by atoms with Crippen molar-refractivity contribution < 1.29 is 25.2 Å². The highest BCUT2D eigenvalue weighted by Gasteiger charge is 2.46. The molecule has 0 aromatic rings. The summed E-state index contributed by atoms with van der Waals surface area (Å²) in [5.74, 6) is 0.179. The molecule has 0 aromatic carbocycles. The number of ether oxygens (including phenoxy) is 1. The molecule has 0 amide bonds. The first-order valence-corrected chi connectivity index (χ1v) is 6.47. The van der Waals surface area contributed by atoms with Crippen LogP contribution in [0.5, 0.6) is 0 Å². The number of nitrogens with zero attached hydrogens (tertiary/aromatic N) is 1. The Labute approximate surface area is 119 Å². The van der Waals surface area contributed by atoms with Crippen molar-refractivity contribution in [3.05, 3.63) is 0 Å². The third kappa shape index (κ3) is 2.97. The van der Waals surface area contributed by atoms with Crippen molar-refractivity contribution in [2.45, 2.75) is 36.9 Å². The molecule has 2 heterocycles. The first-order chi connectivity index (χ1) is 8.93. The van der Waals surface area contributed by atoms with E-state index in [9.17, 15) is 15.3 Å². The van der Waals surface area contributed by atoms with Gasteiger partial charge in [0, 0.05) is 0 Å². The van der Waals surface area contributed by atoms with Crippen molar-refractivity contribution in [3.8, 4) is 0 Å². The summed E-state index contributed by atoms with van der Waals surface area (Å²) in [7, 11) is 0. The Morgan fingerprint density at radius 1 is 1.21 bits per heavy atom. The van der Waals surface area contributed by atoms with Gasteiger partial charge in [0.05, 0.1) is 18.0 Å². The molecule has 1 fully saturated rings. The molecule has 0 radical (unpaired) electrons. The van der Waals surface area contributed by atoms with E-state index in [0.717, 1.165) is 0 Å². The van der Waals surface area contributed by atoms with Gasteiger partial charge in [-0.15, -0.1) is 0 Å². The van der Waals surface area contributed by atoms with Gasteiger partial charge < -0.3 is 30.5 Å². The topological polar surface area (TPSA) is 115 Å². The fourth-order valence-electron chi connectivity index (χ4n) is 1.99. The van der Waals surface area contributed by atoms with Gasteiger partial charge in [-0.2, -0.15) is 0 Å². The third-order valence-electron chi connectivity index (χ3n) is 2.99. The van der Waals surface area contributed by atoms with E-state index in [1.54, 1.807) is 0 Å². The standard InChI is InChI=1S/C10H14N2O5S2/c13-2-3-6(14)7(15)8(16)9(17-3)10-11-4(18)1-5(19)12-10/h3,6-9,13-16H,1-2H2,(H,11,12,18,19)/t3-,6-,7+,8-,9?/m1/s1. The Bertz CT molecular complexity index is 428. The molecule has 0 saturated carbocycles. The fourth-order valence-corrected chi connectivity index (χ4v) is 2.56. The van der Waals surface area contributed by atoms with Gasteiger partial charge in [-0.25, -0.2) is 4.99 Å². The first kappa shape index (κ1) is 14.9. The Morgan fingerprint density at radius 2 is 1.89 bits per heavy atom. The maximum absolute atomic E-state index is 9.92. The Hall–Kier alpha value is -0.550. The molecular formula is C10H14N2O5S2. The Morgan fingerprint density at radius 3 is 2.47 bits per heavy atom. The van der Waals surface area contributed by atoms with Crippen LogP contribution in [0.2, 0.25) is 0 Å². The highest BCUT2D eigenvalue weighted by Crippen LogP contribution is 2.22. The summed E-state index contributed by atoms with van der Waals surface area (Å²) in [6.45, 7) is -0.496. The summed E-state index contributed by atoms with van der Waals surface area (Å²) in [4.78, 5) is 4.81. The summed E-state index contributed by atoms with van der Waals surface area (Å²) < 4.78 is 5.34. The summed E-state index contributed by atoms with van der Waals surface area (Å²) in [5, 5.41) is 41.1. The molecule has 2 aliphatic heterocycles. The molecule has 106 valence electrons. The quantitative estimate of drug-likeness (QED) is 0.368. The van der Waals surface area contributed by atoms with Gasteiger partial charge in [0.2, 0.25) is 0 Å². The Balaban J connectivity index is 2.23. The third-order valence-corrected chi connectivity index (χ3v) is 3.47. The van der Waals surface area contributed by atoms with Crippen molar-refractivity contribution >= 4 is 40.2 Å². The largest absolute Gasteiger partial charge is 0.394 e. The maximum Gasteiger partial charge on any atom is 0.144 e. The number of thiocarbonyl (C=S) groups is 2. The first-order valence-electron chi connectivity index (χ1n) is 5.66. The predicted octanol–water partition coefficient (Wildman–Crippen LogP) is -2.12. The molecule has 1 saturated heterocycles. The van der Waals surface area contributed by atoms with Gasteiger partial charge in [-0.05, 0) is 0 Å². The van der Waals surface area contributed by atoms with E-state index in [-0.39, 0.29) is 5.84 Å². The molecule has 7 nitrogen and oxygen atoms in total. The zero-order valence-corrected chi connectivity index (χ0v) is 11.4. The van der Waals surface area contributed by atoms with Crippen LogP contribution >= 0.6 is 24.4 Å². The van der Waals surface area contributed by atoms with E-state index in [2.05, 4.69) is 10.3 Å². The smallest absolute Gasteiger partial charge is 0.144 e. The van der Waals surface area contributed by atoms with E-state index in [0.29, 0.717) is 16.4 Å². The lowest BCUT2D eigenvalue weighted by Gasteiger charge is -2.40. The van der Waals surface area contributed by atoms with Crippen LogP contribution in [-0.4, -0.2) is 73.4 Å². The minimum atomic E-state index is -1.45. The van der Waals surface area contributed by atoms with Crippen LogP contribution < -0.4 is 5.32 Å². The SMILES string of the molecule is OC[C@H]1OC(C2=NC(=S)CC(=S)N2)[C@H](O)[C@@H](O)[C@@H]1O. The van der Waals surface area contributed by atoms with Crippen LogP contribution in [0.4, 0.5) is 0 Å². The molecule has 1 unspecified atom stereocenters. The normalized spacial score (nSPS) is 39.8. The second-order valence-electron chi connectivity index (χ2n) is 4.37. The average Bonchev–Trinajstić information content (AvgIpc) is 2.35. The van der Waals surface area contributed by atoms with E-state index in [4.69, 9.17) is 34.3 Å². The highest BCUT2D eigenvalue weighted by atomic mass is 32.1. The molecule has 5 N–H and O–H groups in total. The fraction of sp³-hybridized carbons (Fsp3) is 0.700. The number of amidine groups is 1. The second-order valence-corrected chi connectivity index (χ2v) is 5.33. The monoisotopic (exact) mass is 306 g/mol. The molecule has 0 aromatic heterocycles. The highest BCUT2D eigenvalue weighted by molar-refractivity contribution is 7.82. The minimum absolute atomic E-state index is 0.179. The predicted molar refractivity (Wildman–Crippen MR) is 74.2 cm³/mol. The molecular weight excluding hydrogens is 292 g/mol. The number of hydrogen-bond donors (Lipinski definition) is 5. The van der Waals surface area contributed by atoms with E-state index < -0.39 is 37.1 Å². The molecule has 5 atom stereocenters. The molecule has 0 aliphatic carbocycles. The molecule has 0 spiro atoms. The summed E-state index contributed by atoms with van der Waals surface area (Å²) in [6.07, 6.45) is -5.94. The second kappa shape index (κ2) is 5.83. The summed E-state index contributed by atoms with van der Waals surface area (Å²) in [5.41, 5.74) is 0. The number of aliphatic hydroxyl groups is 4. The lowest BCUT2D eigenvalue weighted by molar-refractivity contribution is -0.212. The zero-order valence-electron chi connectivity index (χ0n) is 9.76. The minimum Gasteiger partial charge on any atom is -0.394 e. The number of hydrogen-bond acceptors (Lipinski definition) is 7. The van der Waals surface area contributed by atoms with E-state index in [1.807, 2.05) is 0 Å². The van der Waals surface area contributed by atoms with Crippen molar-refractivity contribution in [2.75, 3.05) is 6.61 Å². The van der Waals surface area contributed by atoms with Crippen LogP contribution in [0.1, 0.15) is 6.42 Å². The van der Waals surface area contributed by atoms with E-state index >= 15 is 0 Å². The van der Waals surface area contributed by atoms with Crippen LogP contribution in [0.15, 0.2) is 4.99 Å². The lowest BCUT2D eigenvalue weighted by atomic mass is 9.94. The maximum atomic E-state index is 9.92. The molecule has 0 bridgehead atoms. The van der Waals surface area contributed by atoms with E-state index in [1.165, 1.54) is 0 Å². The zero-order chi connectivity index (χ0) is 14.2. The van der Waals surface area contributed by atoms with Gasteiger partial charge in [0.1, 0.15) is 41.3 Å². The van der Waals surface area contributed by atoms with Crippen LogP contribution in [0.25, 0.3) is 0 Å². The number of aliphatic imine (C=N–C) groups is 1. The summed E-state index contributed by atoms with van der Waals surface area (Å²) >= 11 is 9.97. The van der Waals surface area contributed by atoms with Gasteiger partial charge in [-0.1, -0.05) is 24.4 Å². The molecule has 19 heavy (non-hydrogen) atoms. The van der Waals surface area contributed by atoms with Crippen LogP contribution in [-0.2, 0) is 4.74 Å². The van der Waals surface area contributed by atoms with Crippen molar-refractivity contribution in [1.29, 1.82) is 0 Å². The van der Waals surface area contributed by atoms with Crippen LogP contribution in [0.3, 0.4) is 0 Å². The number of rotatable bonds is 2. The molecule has 2 rings (SSSR count).